The fraction of sp³-hybridized carbons (Fsp3) is 0. The van der Waals surface area contributed by atoms with Gasteiger partial charge in [-0.05, 0) is 53.7 Å². The van der Waals surface area contributed by atoms with E-state index in [1.54, 1.807) is 6.08 Å². The van der Waals surface area contributed by atoms with Crippen LogP contribution >= 0.6 is 11.8 Å². The van der Waals surface area contributed by atoms with Crippen LogP contribution in [0, 0.1) is 5.82 Å². The Morgan fingerprint density at radius 2 is 1.63 bits per heavy atom. The average molecular weight is 386 g/mol. The number of halogens is 1. The van der Waals surface area contributed by atoms with Gasteiger partial charge in [0.25, 0.3) is 5.91 Å². The molecular weight excluding hydrogens is 375 g/mol. The lowest BCUT2D eigenvalue weighted by molar-refractivity contribution is -0.115. The number of carboxylic acid groups (broad SMARTS) is 2. The molecule has 3 rings (SSSR count). The average Bonchev–Trinajstić information content (AvgIpc) is 2.95. The van der Waals surface area contributed by atoms with E-state index in [-0.39, 0.29) is 22.0 Å². The summed E-state index contributed by atoms with van der Waals surface area (Å²) in [5, 5.41) is 20.9. The number of aliphatic imine (C=N–C) groups is 1. The van der Waals surface area contributed by atoms with Gasteiger partial charge in [-0.25, -0.2) is 19.0 Å². The highest BCUT2D eigenvalue weighted by Crippen LogP contribution is 2.29. The topological polar surface area (TPSA) is 116 Å². The van der Waals surface area contributed by atoms with Gasteiger partial charge in [-0.15, -0.1) is 0 Å². The van der Waals surface area contributed by atoms with Crippen molar-refractivity contribution >= 4 is 46.5 Å². The van der Waals surface area contributed by atoms with Crippen molar-refractivity contribution in [2.75, 3.05) is 0 Å². The fourth-order valence-electron chi connectivity index (χ4n) is 2.23. The molecule has 0 atom stereocenters. The molecule has 0 spiro atoms. The van der Waals surface area contributed by atoms with Gasteiger partial charge in [-0.1, -0.05) is 12.1 Å². The number of rotatable bonds is 4. The molecule has 3 N–H and O–H groups in total. The number of amides is 1. The third kappa shape index (κ3) is 4.39. The van der Waals surface area contributed by atoms with E-state index in [0.29, 0.717) is 10.5 Å². The zero-order valence-corrected chi connectivity index (χ0v) is 14.3. The monoisotopic (exact) mass is 386 g/mol. The third-order valence-corrected chi connectivity index (χ3v) is 4.37. The highest BCUT2D eigenvalue weighted by Gasteiger charge is 2.24. The Morgan fingerprint density at radius 1 is 1.04 bits per heavy atom. The van der Waals surface area contributed by atoms with Gasteiger partial charge < -0.3 is 15.5 Å². The molecule has 0 aliphatic carbocycles. The maximum absolute atomic E-state index is 13.0. The lowest BCUT2D eigenvalue weighted by Gasteiger charge is -2.02. The van der Waals surface area contributed by atoms with Crippen LogP contribution in [-0.4, -0.2) is 33.2 Å². The van der Waals surface area contributed by atoms with Crippen molar-refractivity contribution in [3.63, 3.8) is 0 Å². The summed E-state index contributed by atoms with van der Waals surface area (Å²) in [5.74, 6) is -3.40. The van der Waals surface area contributed by atoms with E-state index in [4.69, 9.17) is 10.2 Å². The number of carboxylic acids is 2. The van der Waals surface area contributed by atoms with Crippen LogP contribution in [0.2, 0.25) is 0 Å². The fourth-order valence-corrected chi connectivity index (χ4v) is 3.07. The van der Waals surface area contributed by atoms with Crippen molar-refractivity contribution in [1.29, 1.82) is 0 Å². The van der Waals surface area contributed by atoms with Gasteiger partial charge in [0.1, 0.15) is 5.82 Å². The number of amidine groups is 1. The van der Waals surface area contributed by atoms with Gasteiger partial charge in [-0.2, -0.15) is 0 Å². The molecular formula is C18H11FN2O5S. The molecule has 1 aliphatic rings. The molecule has 0 aromatic heterocycles. The highest BCUT2D eigenvalue weighted by atomic mass is 32.2. The summed E-state index contributed by atoms with van der Waals surface area (Å²) in [5.41, 5.74) is 0.241. The first-order chi connectivity index (χ1) is 12.8. The van der Waals surface area contributed by atoms with E-state index in [1.165, 1.54) is 36.4 Å². The van der Waals surface area contributed by atoms with Gasteiger partial charge in [0, 0.05) is 0 Å². The Labute approximate surface area is 156 Å². The molecule has 2 aromatic carbocycles. The summed E-state index contributed by atoms with van der Waals surface area (Å²) in [6.45, 7) is 0. The molecule has 0 bridgehead atoms. The van der Waals surface area contributed by atoms with Crippen molar-refractivity contribution in [3.05, 3.63) is 69.9 Å². The Morgan fingerprint density at radius 3 is 2.19 bits per heavy atom. The summed E-state index contributed by atoms with van der Waals surface area (Å²) in [7, 11) is 0. The number of hydrogen-bond acceptors (Lipinski definition) is 5. The predicted molar refractivity (Wildman–Crippen MR) is 97.6 cm³/mol. The Kier molecular flexibility index (Phi) is 5.04. The number of benzene rings is 2. The van der Waals surface area contributed by atoms with Crippen LogP contribution in [-0.2, 0) is 4.79 Å². The van der Waals surface area contributed by atoms with Crippen molar-refractivity contribution in [2.45, 2.75) is 0 Å². The number of aromatic carboxylic acids is 2. The van der Waals surface area contributed by atoms with Crippen LogP contribution in [0.25, 0.3) is 6.08 Å². The first-order valence-corrected chi connectivity index (χ1v) is 8.30. The molecule has 1 aliphatic heterocycles. The van der Waals surface area contributed by atoms with Crippen molar-refractivity contribution < 1.29 is 29.0 Å². The van der Waals surface area contributed by atoms with Gasteiger partial charge in [0.2, 0.25) is 0 Å². The molecule has 1 fully saturated rings. The first kappa shape index (κ1) is 18.3. The van der Waals surface area contributed by atoms with Crippen LogP contribution in [0.5, 0.6) is 0 Å². The molecule has 1 amide bonds. The van der Waals surface area contributed by atoms with E-state index in [9.17, 15) is 18.8 Å². The summed E-state index contributed by atoms with van der Waals surface area (Å²) >= 11 is 1.00. The van der Waals surface area contributed by atoms with Gasteiger partial charge in [0.05, 0.1) is 21.7 Å². The quantitative estimate of drug-likeness (QED) is 0.696. The molecule has 0 radical (unpaired) electrons. The molecule has 136 valence electrons. The van der Waals surface area contributed by atoms with Crippen molar-refractivity contribution in [2.24, 2.45) is 4.99 Å². The smallest absolute Gasteiger partial charge is 0.335 e. The van der Waals surface area contributed by atoms with Gasteiger partial charge in [-0.3, -0.25) is 4.79 Å². The van der Waals surface area contributed by atoms with E-state index >= 15 is 0 Å². The SMILES string of the molecule is O=C1NC(=Nc2cc(C(=O)O)cc(C(=O)O)c2)SC1=Cc1ccc(F)cc1. The molecule has 0 saturated carbocycles. The van der Waals surface area contributed by atoms with Crippen LogP contribution < -0.4 is 5.32 Å². The number of hydrogen-bond donors (Lipinski definition) is 3. The molecule has 1 heterocycles. The number of thioether (sulfide) groups is 1. The predicted octanol–water partition coefficient (Wildman–Crippen LogP) is 3.11. The van der Waals surface area contributed by atoms with E-state index < -0.39 is 23.7 Å². The van der Waals surface area contributed by atoms with Crippen LogP contribution in [0.3, 0.4) is 0 Å². The number of carbonyl (C=O) groups is 3. The summed E-state index contributed by atoms with van der Waals surface area (Å²) in [4.78, 5) is 38.8. The number of carbonyl (C=O) groups excluding carboxylic acids is 1. The van der Waals surface area contributed by atoms with E-state index in [0.717, 1.165) is 17.8 Å². The minimum Gasteiger partial charge on any atom is -0.478 e. The van der Waals surface area contributed by atoms with Crippen molar-refractivity contribution in [1.82, 2.24) is 5.32 Å². The Bertz CT molecular complexity index is 983. The molecule has 9 heteroatoms. The summed E-state index contributed by atoms with van der Waals surface area (Å²) in [6.07, 6.45) is 1.55. The summed E-state index contributed by atoms with van der Waals surface area (Å²) < 4.78 is 13.0. The maximum Gasteiger partial charge on any atom is 0.335 e. The van der Waals surface area contributed by atoms with Crippen molar-refractivity contribution in [3.8, 4) is 0 Å². The standard InChI is InChI=1S/C18H11FN2O5S/c19-12-3-1-9(2-4-12)5-14-15(22)21-18(27-14)20-13-7-10(16(23)24)6-11(8-13)17(25)26/h1-8H,(H,23,24)(H,25,26)(H,20,21,22). The highest BCUT2D eigenvalue weighted by molar-refractivity contribution is 8.18. The second-order valence-corrected chi connectivity index (χ2v) is 6.44. The third-order valence-electron chi connectivity index (χ3n) is 3.46. The van der Waals surface area contributed by atoms with E-state index in [2.05, 4.69) is 10.3 Å². The minimum atomic E-state index is -1.29. The van der Waals surface area contributed by atoms with Gasteiger partial charge >= 0.3 is 11.9 Å². The van der Waals surface area contributed by atoms with Gasteiger partial charge in [0.15, 0.2) is 5.17 Å². The molecule has 7 nitrogen and oxygen atoms in total. The second-order valence-electron chi connectivity index (χ2n) is 5.41. The molecule has 0 unspecified atom stereocenters. The molecule has 2 aromatic rings. The summed E-state index contributed by atoms with van der Waals surface area (Å²) in [6, 6.07) is 9.00. The largest absolute Gasteiger partial charge is 0.478 e. The second kappa shape index (κ2) is 7.42. The van der Waals surface area contributed by atoms with Crippen LogP contribution in [0.15, 0.2) is 52.4 Å². The lowest BCUT2D eigenvalue weighted by atomic mass is 10.1. The number of nitrogens with zero attached hydrogens (tertiary/aromatic N) is 1. The lowest BCUT2D eigenvalue weighted by Crippen LogP contribution is -2.19. The Hall–Kier alpha value is -3.46. The maximum atomic E-state index is 13.0. The molecule has 27 heavy (non-hydrogen) atoms. The zero-order valence-electron chi connectivity index (χ0n) is 13.5. The normalized spacial score (nSPS) is 16.6. The van der Waals surface area contributed by atoms with Crippen LogP contribution in [0.1, 0.15) is 26.3 Å². The minimum absolute atomic E-state index is 0.0816. The first-order valence-electron chi connectivity index (χ1n) is 7.48. The van der Waals surface area contributed by atoms with Crippen LogP contribution in [0.4, 0.5) is 10.1 Å². The Balaban J connectivity index is 1.90. The number of nitrogens with one attached hydrogen (secondary N) is 1. The zero-order chi connectivity index (χ0) is 19.6. The molecule has 1 saturated heterocycles. The van der Waals surface area contributed by atoms with E-state index in [1.807, 2.05) is 0 Å².